The molecule has 5 nitrogen and oxygen atoms in total. The Morgan fingerprint density at radius 1 is 1.29 bits per heavy atom. The smallest absolute Gasteiger partial charge is 0.249 e. The zero-order valence-corrected chi connectivity index (χ0v) is 11.6. The fraction of sp³-hybridized carbons (Fsp3) is 0.200. The number of halogens is 1. The summed E-state index contributed by atoms with van der Waals surface area (Å²) in [4.78, 5) is 20.3. The van der Waals surface area contributed by atoms with E-state index in [1.54, 1.807) is 26.0 Å². The van der Waals surface area contributed by atoms with Crippen LogP contribution in [0.3, 0.4) is 0 Å². The van der Waals surface area contributed by atoms with Gasteiger partial charge in [0.25, 0.3) is 0 Å². The lowest BCUT2D eigenvalue weighted by molar-refractivity contribution is -0.116. The Labute approximate surface area is 121 Å². The molecule has 1 atom stereocenters. The number of nitrogens with zero attached hydrogens (tertiary/aromatic N) is 3. The number of aromatic nitrogens is 2. The van der Waals surface area contributed by atoms with Gasteiger partial charge in [-0.05, 0) is 32.0 Å². The quantitative estimate of drug-likeness (QED) is 0.939. The highest BCUT2D eigenvalue weighted by Crippen LogP contribution is 2.17. The van der Waals surface area contributed by atoms with E-state index < -0.39 is 17.6 Å². The molecule has 0 saturated carbocycles. The van der Waals surface area contributed by atoms with Gasteiger partial charge in [0.05, 0.1) is 11.8 Å². The predicted octanol–water partition coefficient (Wildman–Crippen LogP) is 2.48. The molecular formula is C15H13FN4O. The Morgan fingerprint density at radius 2 is 1.90 bits per heavy atom. The molecular weight excluding hydrogens is 271 g/mol. The molecule has 0 aliphatic heterocycles. The summed E-state index contributed by atoms with van der Waals surface area (Å²) in [5, 5.41) is 11.6. The van der Waals surface area contributed by atoms with E-state index in [-0.39, 0.29) is 11.5 Å². The SMILES string of the molecule is Cc1cc(C)nc([C@H](C#N)C(=O)Nc2ccccc2F)n1. The second-order valence-electron chi connectivity index (χ2n) is 4.54. The molecule has 2 rings (SSSR count). The van der Waals surface area contributed by atoms with Crippen molar-refractivity contribution in [3.63, 3.8) is 0 Å². The third-order valence-electron chi connectivity index (χ3n) is 2.78. The van der Waals surface area contributed by atoms with Crippen LogP contribution in [0, 0.1) is 31.0 Å². The molecule has 21 heavy (non-hydrogen) atoms. The second kappa shape index (κ2) is 6.09. The second-order valence-corrected chi connectivity index (χ2v) is 4.54. The number of nitrogens with one attached hydrogen (secondary N) is 1. The van der Waals surface area contributed by atoms with Crippen LogP contribution in [0.5, 0.6) is 0 Å². The van der Waals surface area contributed by atoms with Crippen molar-refractivity contribution < 1.29 is 9.18 Å². The van der Waals surface area contributed by atoms with Crippen molar-refractivity contribution >= 4 is 11.6 Å². The van der Waals surface area contributed by atoms with Gasteiger partial charge in [0.1, 0.15) is 5.82 Å². The number of para-hydroxylation sites is 1. The molecule has 1 heterocycles. The molecule has 0 unspecified atom stereocenters. The molecule has 1 aromatic heterocycles. The third-order valence-corrected chi connectivity index (χ3v) is 2.78. The summed E-state index contributed by atoms with van der Waals surface area (Å²) in [6.45, 7) is 3.50. The molecule has 1 N–H and O–H groups in total. The standard InChI is InChI=1S/C15H13FN4O/c1-9-7-10(2)19-14(18-9)11(8-17)15(21)20-13-6-4-3-5-12(13)16/h3-7,11H,1-2H3,(H,20,21)/t11-/m0/s1. The molecule has 1 aromatic carbocycles. The van der Waals surface area contributed by atoms with E-state index in [0.29, 0.717) is 11.4 Å². The van der Waals surface area contributed by atoms with E-state index in [2.05, 4.69) is 15.3 Å². The number of hydrogen-bond donors (Lipinski definition) is 1. The number of aryl methyl sites for hydroxylation is 2. The number of nitriles is 1. The zero-order chi connectivity index (χ0) is 15.4. The molecule has 0 saturated heterocycles. The van der Waals surface area contributed by atoms with Gasteiger partial charge in [-0.2, -0.15) is 5.26 Å². The monoisotopic (exact) mass is 284 g/mol. The van der Waals surface area contributed by atoms with Gasteiger partial charge in [0.15, 0.2) is 11.7 Å². The average molecular weight is 284 g/mol. The summed E-state index contributed by atoms with van der Waals surface area (Å²) < 4.78 is 13.5. The van der Waals surface area contributed by atoms with Crippen LogP contribution in [-0.4, -0.2) is 15.9 Å². The minimum atomic E-state index is -1.19. The molecule has 2 aromatic rings. The lowest BCUT2D eigenvalue weighted by atomic mass is 10.1. The van der Waals surface area contributed by atoms with Gasteiger partial charge in [-0.15, -0.1) is 0 Å². The lowest BCUT2D eigenvalue weighted by Gasteiger charge is -2.11. The van der Waals surface area contributed by atoms with E-state index >= 15 is 0 Å². The van der Waals surface area contributed by atoms with Gasteiger partial charge in [-0.1, -0.05) is 12.1 Å². The van der Waals surface area contributed by atoms with Gasteiger partial charge in [0, 0.05) is 11.4 Å². The maximum Gasteiger partial charge on any atom is 0.249 e. The van der Waals surface area contributed by atoms with E-state index in [4.69, 9.17) is 0 Å². The van der Waals surface area contributed by atoms with Crippen molar-refractivity contribution in [2.75, 3.05) is 5.32 Å². The van der Waals surface area contributed by atoms with E-state index in [0.717, 1.165) is 0 Å². The molecule has 0 fully saturated rings. The summed E-state index contributed by atoms with van der Waals surface area (Å²) in [5.41, 5.74) is 1.35. The van der Waals surface area contributed by atoms with E-state index in [9.17, 15) is 14.4 Å². The number of hydrogen-bond acceptors (Lipinski definition) is 4. The summed E-state index contributed by atoms with van der Waals surface area (Å²) >= 11 is 0. The highest BCUT2D eigenvalue weighted by atomic mass is 19.1. The average Bonchev–Trinajstić information content (AvgIpc) is 2.41. The van der Waals surface area contributed by atoms with Crippen LogP contribution in [-0.2, 0) is 4.79 Å². The highest BCUT2D eigenvalue weighted by molar-refractivity contribution is 5.97. The van der Waals surface area contributed by atoms with Crippen molar-refractivity contribution in [2.45, 2.75) is 19.8 Å². The number of carbonyl (C=O) groups is 1. The number of amides is 1. The van der Waals surface area contributed by atoms with Crippen LogP contribution in [0.25, 0.3) is 0 Å². The van der Waals surface area contributed by atoms with Gasteiger partial charge < -0.3 is 5.32 Å². The maximum absolute atomic E-state index is 13.5. The van der Waals surface area contributed by atoms with Gasteiger partial charge >= 0.3 is 0 Å². The summed E-state index contributed by atoms with van der Waals surface area (Å²) in [6, 6.07) is 9.35. The lowest BCUT2D eigenvalue weighted by Crippen LogP contribution is -2.22. The van der Waals surface area contributed by atoms with Gasteiger partial charge in [0.2, 0.25) is 5.91 Å². The van der Waals surface area contributed by atoms with Crippen LogP contribution in [0.15, 0.2) is 30.3 Å². The first-order valence-corrected chi connectivity index (χ1v) is 6.28. The topological polar surface area (TPSA) is 78.7 Å². The van der Waals surface area contributed by atoms with Gasteiger partial charge in [-0.25, -0.2) is 14.4 Å². The zero-order valence-electron chi connectivity index (χ0n) is 11.6. The minimum Gasteiger partial charge on any atom is -0.322 e. The fourth-order valence-electron chi connectivity index (χ4n) is 1.88. The van der Waals surface area contributed by atoms with Crippen molar-refractivity contribution in [1.29, 1.82) is 5.26 Å². The molecule has 6 heteroatoms. The molecule has 0 aliphatic rings. The Balaban J connectivity index is 2.27. The Morgan fingerprint density at radius 3 is 2.48 bits per heavy atom. The Kier molecular flexibility index (Phi) is 4.24. The third kappa shape index (κ3) is 3.39. The van der Waals surface area contributed by atoms with Crippen LogP contribution >= 0.6 is 0 Å². The van der Waals surface area contributed by atoms with Crippen LogP contribution in [0.1, 0.15) is 23.1 Å². The van der Waals surface area contributed by atoms with Crippen molar-refractivity contribution in [3.05, 3.63) is 53.4 Å². The first-order valence-electron chi connectivity index (χ1n) is 6.28. The van der Waals surface area contributed by atoms with E-state index in [1.165, 1.54) is 18.2 Å². The van der Waals surface area contributed by atoms with Crippen molar-refractivity contribution in [3.8, 4) is 6.07 Å². The minimum absolute atomic E-state index is 0.0205. The van der Waals surface area contributed by atoms with Crippen LogP contribution in [0.4, 0.5) is 10.1 Å². The number of carbonyl (C=O) groups excluding carboxylic acids is 1. The number of rotatable bonds is 3. The van der Waals surface area contributed by atoms with Crippen molar-refractivity contribution in [2.24, 2.45) is 0 Å². The molecule has 0 spiro atoms. The maximum atomic E-state index is 13.5. The highest BCUT2D eigenvalue weighted by Gasteiger charge is 2.24. The van der Waals surface area contributed by atoms with Gasteiger partial charge in [-0.3, -0.25) is 4.79 Å². The molecule has 106 valence electrons. The predicted molar refractivity (Wildman–Crippen MR) is 74.9 cm³/mol. The fourth-order valence-corrected chi connectivity index (χ4v) is 1.88. The molecule has 0 bridgehead atoms. The Hall–Kier alpha value is -2.81. The normalized spacial score (nSPS) is 11.5. The van der Waals surface area contributed by atoms with Crippen LogP contribution in [0.2, 0.25) is 0 Å². The summed E-state index contributed by atoms with van der Waals surface area (Å²) in [5.74, 6) is -2.30. The molecule has 1 amide bonds. The largest absolute Gasteiger partial charge is 0.322 e. The Bertz CT molecular complexity index is 704. The number of anilines is 1. The number of benzene rings is 1. The summed E-state index contributed by atoms with van der Waals surface area (Å²) in [7, 11) is 0. The van der Waals surface area contributed by atoms with Crippen molar-refractivity contribution in [1.82, 2.24) is 9.97 Å². The van der Waals surface area contributed by atoms with E-state index in [1.807, 2.05) is 6.07 Å². The molecule has 0 radical (unpaired) electrons. The summed E-state index contributed by atoms with van der Waals surface area (Å²) in [6.07, 6.45) is 0. The first-order chi connectivity index (χ1) is 10.0. The van der Waals surface area contributed by atoms with Crippen LogP contribution < -0.4 is 5.32 Å². The molecule has 0 aliphatic carbocycles. The first kappa shape index (κ1) is 14.6.